The number of benzene rings is 1. The Morgan fingerprint density at radius 1 is 1.20 bits per heavy atom. The molecule has 0 amide bonds. The molecule has 1 heterocycles. The molecule has 0 spiro atoms. The van der Waals surface area contributed by atoms with E-state index in [0.29, 0.717) is 25.2 Å². The molecule has 3 heteroatoms. The lowest BCUT2D eigenvalue weighted by atomic mass is 9.97. The largest absolute Gasteiger partial charge is 0.491 e. The zero-order valence-corrected chi connectivity index (χ0v) is 12.9. The van der Waals surface area contributed by atoms with Crippen LogP contribution in [0.2, 0.25) is 0 Å². The highest BCUT2D eigenvalue weighted by Gasteiger charge is 2.26. The minimum Gasteiger partial charge on any atom is -0.491 e. The molecular formula is C17H27NO2. The maximum Gasteiger partial charge on any atom is 0.119 e. The Hall–Kier alpha value is -1.06. The smallest absolute Gasteiger partial charge is 0.119 e. The van der Waals surface area contributed by atoms with Gasteiger partial charge in [0, 0.05) is 18.6 Å². The van der Waals surface area contributed by atoms with Gasteiger partial charge in [-0.2, -0.15) is 0 Å². The first-order chi connectivity index (χ1) is 9.56. The van der Waals surface area contributed by atoms with Gasteiger partial charge in [0.05, 0.1) is 0 Å². The molecular weight excluding hydrogens is 250 g/mol. The molecule has 20 heavy (non-hydrogen) atoms. The van der Waals surface area contributed by atoms with E-state index in [0.717, 1.165) is 5.75 Å². The molecule has 0 aromatic heterocycles. The summed E-state index contributed by atoms with van der Waals surface area (Å²) >= 11 is 0. The Bertz CT molecular complexity index is 394. The van der Waals surface area contributed by atoms with Gasteiger partial charge in [0.1, 0.15) is 18.5 Å². The van der Waals surface area contributed by atoms with Gasteiger partial charge in [-0.05, 0) is 45.7 Å². The van der Waals surface area contributed by atoms with Crippen LogP contribution in [0.4, 0.5) is 0 Å². The number of rotatable bonds is 5. The van der Waals surface area contributed by atoms with Gasteiger partial charge >= 0.3 is 0 Å². The highest BCUT2D eigenvalue weighted by Crippen LogP contribution is 2.22. The first-order valence-corrected chi connectivity index (χ1v) is 7.69. The van der Waals surface area contributed by atoms with E-state index in [1.165, 1.54) is 24.8 Å². The van der Waals surface area contributed by atoms with Crippen molar-refractivity contribution in [1.29, 1.82) is 0 Å². The normalized spacial score (nSPS) is 25.4. The molecule has 0 radical (unpaired) electrons. The molecule has 3 nitrogen and oxygen atoms in total. The Balaban J connectivity index is 1.79. The van der Waals surface area contributed by atoms with E-state index in [1.54, 1.807) is 0 Å². The Morgan fingerprint density at radius 2 is 1.80 bits per heavy atom. The minimum atomic E-state index is -0.431. The minimum absolute atomic E-state index is 0.360. The molecule has 2 rings (SSSR count). The van der Waals surface area contributed by atoms with E-state index in [9.17, 15) is 5.11 Å². The number of likely N-dealkylation sites (tertiary alicyclic amines) is 1. The van der Waals surface area contributed by atoms with E-state index >= 15 is 0 Å². The zero-order chi connectivity index (χ0) is 14.5. The van der Waals surface area contributed by atoms with E-state index in [4.69, 9.17) is 4.74 Å². The van der Waals surface area contributed by atoms with Crippen LogP contribution in [0.1, 0.15) is 38.7 Å². The Kier molecular flexibility index (Phi) is 5.44. The lowest BCUT2D eigenvalue weighted by molar-refractivity contribution is 0.0209. The number of ether oxygens (including phenoxy) is 1. The van der Waals surface area contributed by atoms with E-state index in [-0.39, 0.29) is 0 Å². The van der Waals surface area contributed by atoms with Gasteiger partial charge < -0.3 is 9.84 Å². The molecule has 1 aliphatic rings. The highest BCUT2D eigenvalue weighted by atomic mass is 16.5. The van der Waals surface area contributed by atoms with Gasteiger partial charge in [0.15, 0.2) is 0 Å². The van der Waals surface area contributed by atoms with Crippen molar-refractivity contribution >= 4 is 0 Å². The molecule has 1 N–H and O–H groups in total. The van der Waals surface area contributed by atoms with Crippen LogP contribution < -0.4 is 4.74 Å². The number of aliphatic hydroxyl groups is 1. The molecule has 1 fully saturated rings. The standard InChI is InChI=1S/C17H27NO2/c1-13-7-9-17(10-8-13)20-12-16(19)11-18-14(2)5-4-6-15(18)3/h7-10,14-16,19H,4-6,11-12H2,1-3H3/t14-,15-,16-/m1/s1. The number of β-amino-alcohol motifs (C(OH)–C–C–N with tert-alkyl or cyclic N) is 1. The van der Waals surface area contributed by atoms with E-state index in [1.807, 2.05) is 24.3 Å². The van der Waals surface area contributed by atoms with Crippen LogP contribution >= 0.6 is 0 Å². The summed E-state index contributed by atoms with van der Waals surface area (Å²) in [4.78, 5) is 2.41. The molecule has 1 aromatic rings. The fourth-order valence-corrected chi connectivity index (χ4v) is 2.96. The molecule has 0 bridgehead atoms. The Labute approximate surface area is 122 Å². The third kappa shape index (κ3) is 4.22. The van der Waals surface area contributed by atoms with Gasteiger partial charge in [-0.25, -0.2) is 0 Å². The molecule has 1 aliphatic heterocycles. The molecule has 112 valence electrons. The van der Waals surface area contributed by atoms with Crippen molar-refractivity contribution in [2.24, 2.45) is 0 Å². The number of hydrogen-bond acceptors (Lipinski definition) is 3. The van der Waals surface area contributed by atoms with Crippen LogP contribution in [0, 0.1) is 6.92 Å². The second-order valence-electron chi connectivity index (χ2n) is 6.10. The van der Waals surface area contributed by atoms with Crippen molar-refractivity contribution in [1.82, 2.24) is 4.90 Å². The molecule has 1 saturated heterocycles. The number of aryl methyl sites for hydroxylation is 1. The first kappa shape index (κ1) is 15.3. The first-order valence-electron chi connectivity index (χ1n) is 7.69. The third-order valence-corrected chi connectivity index (χ3v) is 4.26. The fourth-order valence-electron chi connectivity index (χ4n) is 2.96. The number of piperidine rings is 1. The maximum atomic E-state index is 10.2. The molecule has 0 saturated carbocycles. The van der Waals surface area contributed by atoms with Crippen molar-refractivity contribution in [3.63, 3.8) is 0 Å². The zero-order valence-electron chi connectivity index (χ0n) is 12.9. The SMILES string of the molecule is Cc1ccc(OC[C@H](O)CN2[C@H](C)CCC[C@H]2C)cc1. The number of aliphatic hydroxyl groups excluding tert-OH is 1. The van der Waals surface area contributed by atoms with Crippen molar-refractivity contribution in [2.75, 3.05) is 13.2 Å². The predicted molar refractivity (Wildman–Crippen MR) is 82.2 cm³/mol. The molecule has 3 atom stereocenters. The van der Waals surface area contributed by atoms with Crippen molar-refractivity contribution in [3.8, 4) is 5.75 Å². The van der Waals surface area contributed by atoms with E-state index < -0.39 is 6.10 Å². The average Bonchev–Trinajstić information content (AvgIpc) is 2.42. The summed E-state index contributed by atoms with van der Waals surface area (Å²) in [6.07, 6.45) is 3.33. The second kappa shape index (κ2) is 7.09. The quantitative estimate of drug-likeness (QED) is 0.898. The van der Waals surface area contributed by atoms with Crippen molar-refractivity contribution < 1.29 is 9.84 Å². The van der Waals surface area contributed by atoms with Crippen LogP contribution in [0.5, 0.6) is 5.75 Å². The predicted octanol–water partition coefficient (Wildman–Crippen LogP) is 3.00. The van der Waals surface area contributed by atoms with Crippen molar-refractivity contribution in [3.05, 3.63) is 29.8 Å². The maximum absolute atomic E-state index is 10.2. The van der Waals surface area contributed by atoms with Gasteiger partial charge in [-0.15, -0.1) is 0 Å². The second-order valence-corrected chi connectivity index (χ2v) is 6.10. The highest BCUT2D eigenvalue weighted by molar-refractivity contribution is 5.26. The van der Waals surface area contributed by atoms with Gasteiger partial charge in [-0.3, -0.25) is 4.90 Å². The van der Waals surface area contributed by atoms with Gasteiger partial charge in [-0.1, -0.05) is 24.1 Å². The lowest BCUT2D eigenvalue weighted by Crippen LogP contribution is -2.48. The third-order valence-electron chi connectivity index (χ3n) is 4.26. The van der Waals surface area contributed by atoms with Gasteiger partial charge in [0.2, 0.25) is 0 Å². The molecule has 1 aromatic carbocycles. The summed E-state index contributed by atoms with van der Waals surface area (Å²) in [5.74, 6) is 0.828. The van der Waals surface area contributed by atoms with Crippen LogP contribution in [-0.2, 0) is 0 Å². The van der Waals surface area contributed by atoms with Gasteiger partial charge in [0.25, 0.3) is 0 Å². The monoisotopic (exact) mass is 277 g/mol. The Morgan fingerprint density at radius 3 is 2.40 bits per heavy atom. The van der Waals surface area contributed by atoms with Crippen molar-refractivity contribution in [2.45, 2.75) is 58.2 Å². The summed E-state index contributed by atoms with van der Waals surface area (Å²) in [5, 5.41) is 10.2. The topological polar surface area (TPSA) is 32.7 Å². The summed E-state index contributed by atoms with van der Waals surface area (Å²) in [5.41, 5.74) is 1.22. The summed E-state index contributed by atoms with van der Waals surface area (Å²) < 4.78 is 5.66. The fraction of sp³-hybridized carbons (Fsp3) is 0.647. The summed E-state index contributed by atoms with van der Waals surface area (Å²) in [6.45, 7) is 7.62. The van der Waals surface area contributed by atoms with Crippen LogP contribution in [-0.4, -0.2) is 41.3 Å². The van der Waals surface area contributed by atoms with E-state index in [2.05, 4.69) is 25.7 Å². The molecule has 0 aliphatic carbocycles. The van der Waals surface area contributed by atoms with Crippen LogP contribution in [0.25, 0.3) is 0 Å². The summed E-state index contributed by atoms with van der Waals surface area (Å²) in [7, 11) is 0. The summed E-state index contributed by atoms with van der Waals surface area (Å²) in [6, 6.07) is 9.08. The number of nitrogens with zero attached hydrogens (tertiary/aromatic N) is 1. The van der Waals surface area contributed by atoms with Crippen LogP contribution in [0.3, 0.4) is 0 Å². The number of hydrogen-bond donors (Lipinski definition) is 1. The van der Waals surface area contributed by atoms with Crippen LogP contribution in [0.15, 0.2) is 24.3 Å². The average molecular weight is 277 g/mol. The lowest BCUT2D eigenvalue weighted by Gasteiger charge is -2.40. The molecule has 0 unspecified atom stereocenters.